The van der Waals surface area contributed by atoms with Crippen LogP contribution in [0.5, 0.6) is 5.75 Å². The highest BCUT2D eigenvalue weighted by molar-refractivity contribution is 7.92. The number of carbonyl (C=O) groups is 1. The number of anilines is 1. The lowest BCUT2D eigenvalue weighted by molar-refractivity contribution is 0.0997. The largest absolute Gasteiger partial charge is 0.495 e. The van der Waals surface area contributed by atoms with Crippen LogP contribution in [-0.2, 0) is 10.0 Å². The number of hydrogen-bond acceptors (Lipinski definition) is 5. The van der Waals surface area contributed by atoms with Crippen LogP contribution < -0.4 is 15.2 Å². The fraction of sp³-hybridized carbons (Fsp3) is 0.0667. The minimum Gasteiger partial charge on any atom is -0.495 e. The topological polar surface area (TPSA) is 127 Å². The number of hydrogen-bond donors (Lipinski definition) is 3. The Bertz CT molecular complexity index is 1130. The Morgan fingerprint density at radius 3 is 2.62 bits per heavy atom. The average molecular weight is 415 g/mol. The van der Waals surface area contributed by atoms with E-state index >= 15 is 0 Å². The first-order chi connectivity index (χ1) is 12.2. The Hall–Kier alpha value is -2.49. The number of fused-ring (bicyclic) bond motifs is 1. The molecule has 0 saturated heterocycles. The van der Waals surface area contributed by atoms with Gasteiger partial charge in [0.1, 0.15) is 15.7 Å². The predicted octanol–water partition coefficient (Wildman–Crippen LogP) is 2.78. The number of ether oxygens (including phenoxy) is 1. The summed E-state index contributed by atoms with van der Waals surface area (Å²) in [6.07, 6.45) is 0. The van der Waals surface area contributed by atoms with Crippen LogP contribution in [0.4, 0.5) is 5.69 Å². The summed E-state index contributed by atoms with van der Waals surface area (Å²) in [5.41, 5.74) is 5.99. The molecule has 0 radical (unpaired) electrons. The van der Waals surface area contributed by atoms with Crippen LogP contribution in [0.15, 0.2) is 35.2 Å². The number of benzene rings is 2. The summed E-state index contributed by atoms with van der Waals surface area (Å²) in [5.74, 6) is -0.484. The van der Waals surface area contributed by atoms with E-state index < -0.39 is 15.9 Å². The Labute approximate surface area is 158 Å². The summed E-state index contributed by atoms with van der Waals surface area (Å²) in [6.45, 7) is 0. The van der Waals surface area contributed by atoms with Gasteiger partial charge in [0.2, 0.25) is 0 Å². The lowest BCUT2D eigenvalue weighted by atomic mass is 10.2. The zero-order valence-electron chi connectivity index (χ0n) is 13.2. The number of methoxy groups -OCH3 is 1. The van der Waals surface area contributed by atoms with Crippen LogP contribution in [0.2, 0.25) is 10.0 Å². The maximum Gasteiger partial charge on any atom is 0.269 e. The molecule has 0 atom stereocenters. The molecule has 0 unspecified atom stereocenters. The number of amides is 1. The van der Waals surface area contributed by atoms with Gasteiger partial charge in [-0.15, -0.1) is 0 Å². The molecule has 0 aliphatic carbocycles. The second-order valence-electron chi connectivity index (χ2n) is 5.20. The Kier molecular flexibility index (Phi) is 4.70. The number of nitrogens with zero attached hydrogens (tertiary/aromatic N) is 1. The molecule has 4 N–H and O–H groups in total. The summed E-state index contributed by atoms with van der Waals surface area (Å²) in [6, 6.07) is 7.18. The molecule has 2 aromatic carbocycles. The molecule has 0 aliphatic rings. The van der Waals surface area contributed by atoms with E-state index in [1.54, 1.807) is 6.07 Å². The van der Waals surface area contributed by atoms with Gasteiger partial charge in [-0.05, 0) is 30.3 Å². The number of aromatic nitrogens is 2. The van der Waals surface area contributed by atoms with Crippen molar-refractivity contribution in [3.8, 4) is 5.75 Å². The van der Waals surface area contributed by atoms with E-state index in [0.717, 1.165) is 0 Å². The first kappa shape index (κ1) is 18.3. The van der Waals surface area contributed by atoms with E-state index in [-0.39, 0.29) is 32.1 Å². The number of halogens is 2. The summed E-state index contributed by atoms with van der Waals surface area (Å²) >= 11 is 12.1. The van der Waals surface area contributed by atoms with Crippen LogP contribution >= 0.6 is 23.2 Å². The minimum absolute atomic E-state index is 0.00609. The number of nitrogens with one attached hydrogen (secondary N) is 2. The lowest BCUT2D eigenvalue weighted by Crippen LogP contribution is -2.14. The first-order valence-corrected chi connectivity index (χ1v) is 9.31. The number of sulfonamides is 1. The van der Waals surface area contributed by atoms with Crippen molar-refractivity contribution in [3.63, 3.8) is 0 Å². The number of rotatable bonds is 5. The molecule has 0 fully saturated rings. The number of carbonyl (C=O) groups excluding carboxylic acids is 1. The second kappa shape index (κ2) is 6.67. The smallest absolute Gasteiger partial charge is 0.269 e. The molecule has 136 valence electrons. The third-order valence-corrected chi connectivity index (χ3v) is 5.97. The fourth-order valence-electron chi connectivity index (χ4n) is 2.35. The van der Waals surface area contributed by atoms with Crippen LogP contribution in [-0.4, -0.2) is 31.6 Å². The second-order valence-corrected chi connectivity index (χ2v) is 7.60. The summed E-state index contributed by atoms with van der Waals surface area (Å²) in [5, 5.41) is 6.65. The van der Waals surface area contributed by atoms with Gasteiger partial charge in [0.15, 0.2) is 5.69 Å². The van der Waals surface area contributed by atoms with Crippen molar-refractivity contribution in [2.45, 2.75) is 4.90 Å². The molecule has 8 nitrogen and oxygen atoms in total. The number of primary amides is 1. The third kappa shape index (κ3) is 3.16. The molecule has 0 aliphatic heterocycles. The average Bonchev–Trinajstić information content (AvgIpc) is 3.00. The zero-order valence-corrected chi connectivity index (χ0v) is 15.5. The standard InChI is InChI=1S/C15H12Cl2N4O4S/c1-25-10-4-5-11(13(17)12(10)16)26(23,24)21-7-2-3-9-8(6-7)14(15(18)22)20-19-9/h2-6,21H,1H3,(H2,18,22)(H,19,20). The fourth-order valence-corrected chi connectivity index (χ4v) is 4.25. The highest BCUT2D eigenvalue weighted by Gasteiger charge is 2.22. The molecule has 0 saturated carbocycles. The molecule has 1 heterocycles. The van der Waals surface area contributed by atoms with Gasteiger partial charge in [0, 0.05) is 11.1 Å². The van der Waals surface area contributed by atoms with Crippen molar-refractivity contribution in [1.82, 2.24) is 10.2 Å². The third-order valence-electron chi connectivity index (χ3n) is 3.57. The number of H-pyrrole nitrogens is 1. The molecule has 1 aromatic heterocycles. The van der Waals surface area contributed by atoms with Crippen LogP contribution in [0.1, 0.15) is 10.5 Å². The van der Waals surface area contributed by atoms with E-state index in [2.05, 4.69) is 14.9 Å². The van der Waals surface area contributed by atoms with Gasteiger partial charge in [-0.1, -0.05) is 23.2 Å². The molecule has 26 heavy (non-hydrogen) atoms. The van der Waals surface area contributed by atoms with Crippen molar-refractivity contribution in [2.75, 3.05) is 11.8 Å². The summed E-state index contributed by atoms with van der Waals surface area (Å²) in [4.78, 5) is 11.2. The molecule has 3 aromatic rings. The SMILES string of the molecule is COc1ccc(S(=O)(=O)Nc2ccc3[nH]nc(C(N)=O)c3c2)c(Cl)c1Cl. The van der Waals surface area contributed by atoms with Gasteiger partial charge in [0.25, 0.3) is 15.9 Å². The van der Waals surface area contributed by atoms with E-state index in [4.69, 9.17) is 33.7 Å². The van der Waals surface area contributed by atoms with Gasteiger partial charge in [-0.2, -0.15) is 5.10 Å². The molecule has 0 bridgehead atoms. The molecular weight excluding hydrogens is 403 g/mol. The molecule has 3 rings (SSSR count). The van der Waals surface area contributed by atoms with Crippen molar-refractivity contribution in [2.24, 2.45) is 5.73 Å². The van der Waals surface area contributed by atoms with Crippen molar-refractivity contribution in [1.29, 1.82) is 0 Å². The Balaban J connectivity index is 2.02. The van der Waals surface area contributed by atoms with E-state index in [9.17, 15) is 13.2 Å². The van der Waals surface area contributed by atoms with E-state index in [1.165, 1.54) is 31.4 Å². The van der Waals surface area contributed by atoms with Crippen molar-refractivity contribution >= 4 is 55.7 Å². The van der Waals surface area contributed by atoms with E-state index in [0.29, 0.717) is 10.9 Å². The van der Waals surface area contributed by atoms with Crippen LogP contribution in [0.25, 0.3) is 10.9 Å². The molecule has 1 amide bonds. The monoisotopic (exact) mass is 414 g/mol. The maximum absolute atomic E-state index is 12.7. The van der Waals surface area contributed by atoms with Crippen molar-refractivity contribution in [3.05, 3.63) is 46.1 Å². The molecule has 0 spiro atoms. The summed E-state index contributed by atoms with van der Waals surface area (Å²) in [7, 11) is -2.66. The number of nitrogens with two attached hydrogens (primary N) is 1. The van der Waals surface area contributed by atoms with Gasteiger partial charge in [-0.25, -0.2) is 8.42 Å². The first-order valence-electron chi connectivity index (χ1n) is 7.07. The number of aromatic amines is 1. The van der Waals surface area contributed by atoms with E-state index in [1.807, 2.05) is 0 Å². The molecule has 11 heteroatoms. The van der Waals surface area contributed by atoms with Gasteiger partial charge in [0.05, 0.1) is 17.6 Å². The maximum atomic E-state index is 12.7. The molecular formula is C15H12Cl2N4O4S. The zero-order chi connectivity index (χ0) is 19.1. The van der Waals surface area contributed by atoms with Crippen LogP contribution in [0.3, 0.4) is 0 Å². The van der Waals surface area contributed by atoms with Gasteiger partial charge in [-0.3, -0.25) is 14.6 Å². The predicted molar refractivity (Wildman–Crippen MR) is 98.4 cm³/mol. The normalized spacial score (nSPS) is 11.5. The minimum atomic E-state index is -4.05. The summed E-state index contributed by atoms with van der Waals surface area (Å²) < 4.78 is 32.7. The Morgan fingerprint density at radius 2 is 1.96 bits per heavy atom. The van der Waals surface area contributed by atoms with Crippen molar-refractivity contribution < 1.29 is 17.9 Å². The van der Waals surface area contributed by atoms with Gasteiger partial charge >= 0.3 is 0 Å². The van der Waals surface area contributed by atoms with Gasteiger partial charge < -0.3 is 10.5 Å². The lowest BCUT2D eigenvalue weighted by Gasteiger charge is -2.12. The quantitative estimate of drug-likeness (QED) is 0.591. The highest BCUT2D eigenvalue weighted by Crippen LogP contribution is 2.37. The highest BCUT2D eigenvalue weighted by atomic mass is 35.5. The van der Waals surface area contributed by atoms with Crippen LogP contribution in [0, 0.1) is 0 Å². The Morgan fingerprint density at radius 1 is 1.23 bits per heavy atom.